The van der Waals surface area contributed by atoms with Gasteiger partial charge in [-0.15, -0.1) is 11.3 Å². The Kier molecular flexibility index (Phi) is 4.73. The third-order valence-corrected chi connectivity index (χ3v) is 3.71. The summed E-state index contributed by atoms with van der Waals surface area (Å²) in [6, 6.07) is 5.69. The van der Waals surface area contributed by atoms with E-state index in [9.17, 15) is 0 Å². The van der Waals surface area contributed by atoms with Gasteiger partial charge in [0.15, 0.2) is 0 Å². The van der Waals surface area contributed by atoms with Crippen LogP contribution in [-0.4, -0.2) is 19.2 Å². The molecule has 0 aliphatic heterocycles. The summed E-state index contributed by atoms with van der Waals surface area (Å²) in [7, 11) is 3.27. The first-order chi connectivity index (χ1) is 9.28. The van der Waals surface area contributed by atoms with Crippen LogP contribution in [0.1, 0.15) is 16.5 Å². The molecule has 1 heterocycles. The monoisotopic (exact) mass is 279 g/mol. The fourth-order valence-electron chi connectivity index (χ4n) is 1.91. The van der Waals surface area contributed by atoms with Crippen LogP contribution in [0.25, 0.3) is 0 Å². The Bertz CT molecular complexity index is 517. The Morgan fingerprint density at radius 3 is 2.79 bits per heavy atom. The Morgan fingerprint density at radius 1 is 1.37 bits per heavy atom. The summed E-state index contributed by atoms with van der Waals surface area (Å²) in [5.41, 5.74) is 5.64. The number of ether oxygens (including phenoxy) is 2. The van der Waals surface area contributed by atoms with E-state index in [0.717, 1.165) is 23.5 Å². The minimum Gasteiger partial charge on any atom is -0.497 e. The largest absolute Gasteiger partial charge is 0.497 e. The van der Waals surface area contributed by atoms with Gasteiger partial charge in [-0.05, 0) is 6.07 Å². The lowest BCUT2D eigenvalue weighted by atomic mass is 10.0. The fraction of sp³-hybridized carbons (Fsp3) is 0.308. The molecule has 0 saturated carbocycles. The van der Waals surface area contributed by atoms with Crippen LogP contribution in [0.15, 0.2) is 29.9 Å². The van der Waals surface area contributed by atoms with Gasteiger partial charge in [0.25, 0.3) is 0 Å². The van der Waals surface area contributed by atoms with Crippen LogP contribution in [0.2, 0.25) is 0 Å². The maximum absolute atomic E-state index is 5.66. The van der Waals surface area contributed by atoms with E-state index in [1.54, 1.807) is 25.6 Å². The molecule has 0 aliphatic rings. The molecule has 1 atom stereocenters. The summed E-state index contributed by atoms with van der Waals surface area (Å²) in [5.74, 6) is 7.18. The highest BCUT2D eigenvalue weighted by Crippen LogP contribution is 2.31. The highest BCUT2D eigenvalue weighted by molar-refractivity contribution is 7.09. The second-order valence-electron chi connectivity index (χ2n) is 4.00. The first kappa shape index (κ1) is 13.8. The number of benzene rings is 1. The highest BCUT2D eigenvalue weighted by atomic mass is 32.1. The maximum atomic E-state index is 5.66. The van der Waals surface area contributed by atoms with Gasteiger partial charge in [-0.3, -0.25) is 16.3 Å². The summed E-state index contributed by atoms with van der Waals surface area (Å²) in [6.07, 6.45) is 2.62. The number of hydrazine groups is 1. The van der Waals surface area contributed by atoms with E-state index < -0.39 is 0 Å². The van der Waals surface area contributed by atoms with Crippen molar-refractivity contribution in [1.82, 2.24) is 10.4 Å². The van der Waals surface area contributed by atoms with Crippen molar-refractivity contribution in [3.05, 3.63) is 40.3 Å². The van der Waals surface area contributed by atoms with Crippen molar-refractivity contribution in [2.75, 3.05) is 14.2 Å². The van der Waals surface area contributed by atoms with Crippen molar-refractivity contribution < 1.29 is 9.47 Å². The maximum Gasteiger partial charge on any atom is 0.127 e. The lowest BCUT2D eigenvalue weighted by Gasteiger charge is -2.19. The Balaban J connectivity index is 2.26. The van der Waals surface area contributed by atoms with E-state index in [2.05, 4.69) is 10.4 Å². The molecule has 3 N–H and O–H groups in total. The molecule has 1 aromatic heterocycles. The molecule has 0 fully saturated rings. The molecule has 19 heavy (non-hydrogen) atoms. The first-order valence-corrected chi connectivity index (χ1v) is 6.72. The molecule has 0 spiro atoms. The lowest BCUT2D eigenvalue weighted by Crippen LogP contribution is -2.29. The van der Waals surface area contributed by atoms with Crippen molar-refractivity contribution in [2.45, 2.75) is 12.5 Å². The molecule has 6 heteroatoms. The van der Waals surface area contributed by atoms with E-state index in [0.29, 0.717) is 0 Å². The molecule has 0 aliphatic carbocycles. The molecule has 1 aromatic carbocycles. The summed E-state index contributed by atoms with van der Waals surface area (Å²) >= 11 is 1.61. The molecule has 102 valence electrons. The molecule has 0 amide bonds. The number of hydrogen-bond donors (Lipinski definition) is 2. The predicted octanol–water partition coefficient (Wildman–Crippen LogP) is 1.91. The zero-order valence-corrected chi connectivity index (χ0v) is 11.7. The fourth-order valence-corrected chi connectivity index (χ4v) is 2.55. The van der Waals surface area contributed by atoms with Gasteiger partial charge >= 0.3 is 0 Å². The minimum atomic E-state index is -0.0266. The number of aromatic nitrogens is 1. The molecule has 1 unspecified atom stereocenters. The zero-order valence-electron chi connectivity index (χ0n) is 10.9. The number of nitrogens with two attached hydrogens (primary N) is 1. The van der Waals surface area contributed by atoms with Crippen LogP contribution in [0.3, 0.4) is 0 Å². The number of thiazole rings is 1. The van der Waals surface area contributed by atoms with Crippen LogP contribution in [0, 0.1) is 0 Å². The van der Waals surface area contributed by atoms with E-state index in [1.165, 1.54) is 4.88 Å². The summed E-state index contributed by atoms with van der Waals surface area (Å²) in [6.45, 7) is 0. The standard InChI is InChI=1S/C13H17N3O2S/c1-17-9-3-4-11(13(5-9)18-2)12(16-14)6-10-7-15-8-19-10/h3-5,7-8,12,16H,6,14H2,1-2H3. The second-order valence-corrected chi connectivity index (χ2v) is 4.97. The van der Waals surface area contributed by atoms with Crippen molar-refractivity contribution in [3.63, 3.8) is 0 Å². The molecule has 0 saturated heterocycles. The molecule has 5 nitrogen and oxygen atoms in total. The predicted molar refractivity (Wildman–Crippen MR) is 75.4 cm³/mol. The number of methoxy groups -OCH3 is 2. The van der Waals surface area contributed by atoms with E-state index in [4.69, 9.17) is 15.3 Å². The van der Waals surface area contributed by atoms with Gasteiger partial charge in [-0.25, -0.2) is 0 Å². The topological polar surface area (TPSA) is 69.4 Å². The number of hydrogen-bond acceptors (Lipinski definition) is 6. The SMILES string of the molecule is COc1ccc(C(Cc2cncs2)NN)c(OC)c1. The van der Waals surface area contributed by atoms with E-state index in [1.807, 2.05) is 29.9 Å². The number of nitrogens with zero attached hydrogens (tertiary/aromatic N) is 1. The normalized spacial score (nSPS) is 12.2. The molecule has 0 radical (unpaired) electrons. The first-order valence-electron chi connectivity index (χ1n) is 5.84. The molecule has 2 rings (SSSR count). The van der Waals surface area contributed by atoms with Gasteiger partial charge < -0.3 is 9.47 Å². The number of rotatable bonds is 6. The van der Waals surface area contributed by atoms with Gasteiger partial charge in [-0.2, -0.15) is 0 Å². The van der Waals surface area contributed by atoms with E-state index >= 15 is 0 Å². The zero-order chi connectivity index (χ0) is 13.7. The van der Waals surface area contributed by atoms with Crippen molar-refractivity contribution in [1.29, 1.82) is 0 Å². The summed E-state index contributed by atoms with van der Waals surface area (Å²) in [5, 5.41) is 0. The van der Waals surface area contributed by atoms with Gasteiger partial charge in [0.05, 0.1) is 25.8 Å². The second kappa shape index (κ2) is 6.51. The molecular weight excluding hydrogens is 262 g/mol. The Hall–Kier alpha value is -1.63. The highest BCUT2D eigenvalue weighted by Gasteiger charge is 2.16. The minimum absolute atomic E-state index is 0.0266. The Labute approximate surface area is 116 Å². The van der Waals surface area contributed by atoms with Crippen molar-refractivity contribution in [3.8, 4) is 11.5 Å². The van der Waals surface area contributed by atoms with Crippen LogP contribution < -0.4 is 20.7 Å². The van der Waals surface area contributed by atoms with Gasteiger partial charge in [0, 0.05) is 29.1 Å². The van der Waals surface area contributed by atoms with Crippen LogP contribution in [0.5, 0.6) is 11.5 Å². The van der Waals surface area contributed by atoms with Crippen molar-refractivity contribution >= 4 is 11.3 Å². The average Bonchev–Trinajstić information content (AvgIpc) is 2.97. The summed E-state index contributed by atoms with van der Waals surface area (Å²) in [4.78, 5) is 5.24. The molecular formula is C13H17N3O2S. The van der Waals surface area contributed by atoms with Crippen LogP contribution in [0.4, 0.5) is 0 Å². The van der Waals surface area contributed by atoms with Gasteiger partial charge in [0.1, 0.15) is 11.5 Å². The average molecular weight is 279 g/mol. The smallest absolute Gasteiger partial charge is 0.127 e. The molecule has 0 bridgehead atoms. The number of nitrogens with one attached hydrogen (secondary N) is 1. The van der Waals surface area contributed by atoms with E-state index in [-0.39, 0.29) is 6.04 Å². The van der Waals surface area contributed by atoms with Crippen LogP contribution >= 0.6 is 11.3 Å². The van der Waals surface area contributed by atoms with Gasteiger partial charge in [-0.1, -0.05) is 6.07 Å². The van der Waals surface area contributed by atoms with Crippen molar-refractivity contribution in [2.24, 2.45) is 5.84 Å². The van der Waals surface area contributed by atoms with Crippen LogP contribution in [-0.2, 0) is 6.42 Å². The summed E-state index contributed by atoms with van der Waals surface area (Å²) < 4.78 is 10.6. The Morgan fingerprint density at radius 2 is 2.21 bits per heavy atom. The quantitative estimate of drug-likeness (QED) is 0.624. The lowest BCUT2D eigenvalue weighted by molar-refractivity contribution is 0.384. The third-order valence-electron chi connectivity index (χ3n) is 2.91. The van der Waals surface area contributed by atoms with Gasteiger partial charge in [0.2, 0.25) is 0 Å². The third kappa shape index (κ3) is 3.23. The molecule has 2 aromatic rings.